The lowest BCUT2D eigenvalue weighted by atomic mass is 10.0. The van der Waals surface area contributed by atoms with Crippen LogP contribution in [0.2, 0.25) is 0 Å². The number of nitrogens with zero attached hydrogens (tertiary/aromatic N) is 5. The van der Waals surface area contributed by atoms with Gasteiger partial charge in [-0.25, -0.2) is 19.9 Å². The Morgan fingerprint density at radius 1 is 0.922 bits per heavy atom. The van der Waals surface area contributed by atoms with Crippen molar-refractivity contribution < 1.29 is 23.6 Å². The minimum Gasteiger partial charge on any atom is -0.443 e. The van der Waals surface area contributed by atoms with Gasteiger partial charge in [-0.15, -0.1) is 11.3 Å². The molecule has 0 aliphatic carbocycles. The number of benzene rings is 2. The summed E-state index contributed by atoms with van der Waals surface area (Å²) in [5.41, 5.74) is 4.23. The maximum atomic E-state index is 14.4. The van der Waals surface area contributed by atoms with Crippen molar-refractivity contribution >= 4 is 46.0 Å². The lowest BCUT2D eigenvalue weighted by Gasteiger charge is -2.29. The van der Waals surface area contributed by atoms with Gasteiger partial charge in [0.05, 0.1) is 41.0 Å². The summed E-state index contributed by atoms with van der Waals surface area (Å²) in [6.45, 7) is 10.6. The lowest BCUT2D eigenvalue weighted by Crippen LogP contribution is -2.50. The third-order valence-corrected chi connectivity index (χ3v) is 9.82. The van der Waals surface area contributed by atoms with Crippen LogP contribution >= 0.6 is 11.3 Å². The molecule has 6 rings (SSSR count). The molecule has 0 spiro atoms. The Hall–Kier alpha value is -5.50. The van der Waals surface area contributed by atoms with Crippen LogP contribution in [0.3, 0.4) is 0 Å². The number of aryl methyl sites for hydroxylation is 3. The molecular formula is C37H40N8O5S. The Morgan fingerprint density at radius 3 is 2.37 bits per heavy atom. The van der Waals surface area contributed by atoms with E-state index in [1.165, 1.54) is 16.2 Å². The third kappa shape index (κ3) is 7.96. The fourth-order valence-electron chi connectivity index (χ4n) is 5.93. The molecule has 3 aromatic heterocycles. The molecule has 0 saturated carbocycles. The SMILES string of the molecule is Cc1nc2ccc(C(=O)N3CC(=O)N[C@@H](C(C)C)c4nc(c(C)o4)C(=O)N[C@H](C)c4nc(cs4)C(=O)N[C@H](Cc4ccccc4)C3)cc2nc1C. The number of carbonyl (C=O) groups excluding carboxylic acids is 4. The van der Waals surface area contributed by atoms with E-state index in [0.717, 1.165) is 17.0 Å². The largest absolute Gasteiger partial charge is 0.443 e. The van der Waals surface area contributed by atoms with Crippen LogP contribution in [-0.4, -0.2) is 67.6 Å². The van der Waals surface area contributed by atoms with Gasteiger partial charge in [-0.3, -0.25) is 19.2 Å². The summed E-state index contributed by atoms with van der Waals surface area (Å²) in [5.74, 6) is -1.53. The van der Waals surface area contributed by atoms with E-state index in [1.807, 2.05) is 58.0 Å². The molecule has 0 radical (unpaired) electrons. The monoisotopic (exact) mass is 708 g/mol. The number of oxazole rings is 1. The van der Waals surface area contributed by atoms with Gasteiger partial charge in [-0.1, -0.05) is 44.2 Å². The van der Waals surface area contributed by atoms with Gasteiger partial charge in [0, 0.05) is 17.5 Å². The Kier molecular flexibility index (Phi) is 10.2. The zero-order valence-corrected chi connectivity index (χ0v) is 30.1. The van der Waals surface area contributed by atoms with E-state index in [4.69, 9.17) is 4.42 Å². The minimum absolute atomic E-state index is 0.00157. The maximum absolute atomic E-state index is 14.4. The highest BCUT2D eigenvalue weighted by atomic mass is 32.1. The molecule has 0 unspecified atom stereocenters. The second-order valence-electron chi connectivity index (χ2n) is 13.2. The highest BCUT2D eigenvalue weighted by molar-refractivity contribution is 7.09. The number of thiazole rings is 1. The van der Waals surface area contributed by atoms with E-state index in [0.29, 0.717) is 28.0 Å². The molecule has 5 aromatic rings. The maximum Gasteiger partial charge on any atom is 0.274 e. The minimum atomic E-state index is -0.700. The van der Waals surface area contributed by atoms with Crippen molar-refractivity contribution in [2.75, 3.05) is 13.1 Å². The Labute approximate surface area is 299 Å². The molecule has 1 aliphatic rings. The smallest absolute Gasteiger partial charge is 0.274 e. The number of aromatic nitrogens is 4. The molecule has 0 saturated heterocycles. The Bertz CT molecular complexity index is 2110. The summed E-state index contributed by atoms with van der Waals surface area (Å²) in [7, 11) is 0. The number of fused-ring (bicyclic) bond motifs is 5. The van der Waals surface area contributed by atoms with Crippen LogP contribution in [0.1, 0.15) is 97.8 Å². The summed E-state index contributed by atoms with van der Waals surface area (Å²) < 4.78 is 5.94. The van der Waals surface area contributed by atoms with Gasteiger partial charge in [0.15, 0.2) is 5.69 Å². The van der Waals surface area contributed by atoms with Crippen LogP contribution < -0.4 is 16.0 Å². The van der Waals surface area contributed by atoms with E-state index in [9.17, 15) is 19.2 Å². The van der Waals surface area contributed by atoms with Gasteiger partial charge in [0.25, 0.3) is 17.7 Å². The highest BCUT2D eigenvalue weighted by Crippen LogP contribution is 2.25. The summed E-state index contributed by atoms with van der Waals surface area (Å²) in [6.07, 6.45) is 0.371. The average Bonchev–Trinajstić information content (AvgIpc) is 3.74. The Balaban J connectivity index is 1.41. The van der Waals surface area contributed by atoms with Gasteiger partial charge < -0.3 is 25.3 Å². The summed E-state index contributed by atoms with van der Waals surface area (Å²) in [6, 6.07) is 12.8. The predicted molar refractivity (Wildman–Crippen MR) is 191 cm³/mol. The first kappa shape index (κ1) is 35.3. The van der Waals surface area contributed by atoms with Crippen molar-refractivity contribution in [3.05, 3.63) is 104 Å². The molecule has 264 valence electrons. The van der Waals surface area contributed by atoms with Crippen molar-refractivity contribution in [1.82, 2.24) is 40.8 Å². The number of hydrogen-bond donors (Lipinski definition) is 3. The quantitative estimate of drug-likeness (QED) is 0.237. The van der Waals surface area contributed by atoms with Crippen LogP contribution in [0.25, 0.3) is 11.0 Å². The first-order chi connectivity index (χ1) is 24.4. The van der Waals surface area contributed by atoms with E-state index < -0.39 is 41.8 Å². The molecule has 1 aliphatic heterocycles. The van der Waals surface area contributed by atoms with E-state index in [2.05, 4.69) is 35.9 Å². The summed E-state index contributed by atoms with van der Waals surface area (Å²) in [4.78, 5) is 74.9. The molecule has 4 bridgehead atoms. The van der Waals surface area contributed by atoms with Crippen LogP contribution in [0.15, 0.2) is 58.3 Å². The van der Waals surface area contributed by atoms with Crippen LogP contribution in [0, 0.1) is 26.7 Å². The lowest BCUT2D eigenvalue weighted by molar-refractivity contribution is -0.123. The fraction of sp³-hybridized carbons (Fsp3) is 0.351. The van der Waals surface area contributed by atoms with Crippen LogP contribution in [0.5, 0.6) is 0 Å². The number of rotatable bonds is 4. The van der Waals surface area contributed by atoms with Gasteiger partial charge in [0.1, 0.15) is 22.5 Å². The molecule has 14 heteroatoms. The predicted octanol–water partition coefficient (Wildman–Crippen LogP) is 4.80. The zero-order valence-electron chi connectivity index (χ0n) is 29.3. The van der Waals surface area contributed by atoms with Gasteiger partial charge in [-0.2, -0.15) is 0 Å². The molecule has 3 atom stereocenters. The first-order valence-electron chi connectivity index (χ1n) is 16.8. The van der Waals surface area contributed by atoms with E-state index >= 15 is 0 Å². The third-order valence-electron chi connectivity index (χ3n) is 8.79. The van der Waals surface area contributed by atoms with E-state index in [1.54, 1.807) is 37.4 Å². The standard InChI is InChI=1S/C37H40N8O5S/c1-19(2)31-35-44-32(23(6)50-35)34(48)40-22(5)36-42-29(18-51-36)33(47)41-26(14-24-10-8-7-9-11-24)16-45(17-30(46)43-31)37(49)25-12-13-27-28(15-25)39-21(4)20(3)38-27/h7-13,15,18-19,22,26,31H,14,16-17H2,1-6H3,(H,40,48)(H,41,47)(H,43,46)/t22-,26-,31+/m1/s1. The highest BCUT2D eigenvalue weighted by Gasteiger charge is 2.31. The normalized spacial score (nSPS) is 18.9. The van der Waals surface area contributed by atoms with Crippen LogP contribution in [-0.2, 0) is 11.2 Å². The molecule has 13 nitrogen and oxygen atoms in total. The topological polar surface area (TPSA) is 172 Å². The molecule has 3 N–H and O–H groups in total. The van der Waals surface area contributed by atoms with Gasteiger partial charge >= 0.3 is 0 Å². The molecule has 2 aromatic carbocycles. The van der Waals surface area contributed by atoms with Crippen molar-refractivity contribution in [3.8, 4) is 0 Å². The molecule has 4 heterocycles. The van der Waals surface area contributed by atoms with Crippen molar-refractivity contribution in [1.29, 1.82) is 0 Å². The van der Waals surface area contributed by atoms with E-state index in [-0.39, 0.29) is 42.0 Å². The Morgan fingerprint density at radius 2 is 1.65 bits per heavy atom. The molecule has 0 fully saturated rings. The molecular weight excluding hydrogens is 669 g/mol. The molecule has 51 heavy (non-hydrogen) atoms. The van der Waals surface area contributed by atoms with Crippen molar-refractivity contribution in [2.24, 2.45) is 5.92 Å². The van der Waals surface area contributed by atoms with Gasteiger partial charge in [-0.05, 0) is 63.8 Å². The number of amides is 4. The van der Waals surface area contributed by atoms with Crippen LogP contribution in [0.4, 0.5) is 0 Å². The molecule has 4 amide bonds. The number of nitrogens with one attached hydrogen (secondary N) is 3. The summed E-state index contributed by atoms with van der Waals surface area (Å²) in [5, 5.41) is 11.1. The average molecular weight is 709 g/mol. The second kappa shape index (κ2) is 14.8. The van der Waals surface area contributed by atoms with Crippen molar-refractivity contribution in [2.45, 2.75) is 66.1 Å². The van der Waals surface area contributed by atoms with Gasteiger partial charge in [0.2, 0.25) is 11.8 Å². The fourth-order valence-corrected chi connectivity index (χ4v) is 6.74. The number of carbonyl (C=O) groups is 4. The first-order valence-corrected chi connectivity index (χ1v) is 17.7. The van der Waals surface area contributed by atoms with Crippen molar-refractivity contribution in [3.63, 3.8) is 0 Å². The number of hydrogen-bond acceptors (Lipinski definition) is 10. The summed E-state index contributed by atoms with van der Waals surface area (Å²) >= 11 is 1.25. The second-order valence-corrected chi connectivity index (χ2v) is 14.0. The zero-order chi connectivity index (χ0) is 36.4.